The second-order valence-corrected chi connectivity index (χ2v) is 28.1. The summed E-state index contributed by atoms with van der Waals surface area (Å²) in [6, 6.07) is 44.8. The fourth-order valence-corrected chi connectivity index (χ4v) is 10.9. The first-order valence-electron chi connectivity index (χ1n) is 31.8. The Morgan fingerprint density at radius 1 is 0.337 bits per heavy atom. The number of ether oxygens (including phenoxy) is 4. The molecule has 1 aliphatic carbocycles. The number of phenolic OH excluding ortho intramolecular Hbond substituents is 2. The van der Waals surface area contributed by atoms with Gasteiger partial charge in [0, 0.05) is 25.7 Å². The molecule has 0 saturated heterocycles. The zero-order chi connectivity index (χ0) is 66.1. The van der Waals surface area contributed by atoms with Gasteiger partial charge in [-0.05, 0) is 211 Å². The number of azo groups is 2. The minimum absolute atomic E-state index is 0.185. The monoisotopic (exact) mass is 1240 g/mol. The molecule has 8 bridgehead atoms. The van der Waals surface area contributed by atoms with Crippen molar-refractivity contribution in [1.29, 1.82) is 0 Å². The van der Waals surface area contributed by atoms with Gasteiger partial charge in [-0.15, -0.1) is 0 Å². The van der Waals surface area contributed by atoms with E-state index in [9.17, 15) is 30.0 Å². The lowest BCUT2D eigenvalue weighted by Gasteiger charge is -2.28. The van der Waals surface area contributed by atoms with Crippen molar-refractivity contribution in [2.75, 3.05) is 26.4 Å². The third-order valence-corrected chi connectivity index (χ3v) is 16.6. The van der Waals surface area contributed by atoms with E-state index in [4.69, 9.17) is 18.9 Å². The summed E-state index contributed by atoms with van der Waals surface area (Å²) in [5.74, 6) is 1.39. The average molecular weight is 1240 g/mol. The molecule has 0 saturated carbocycles. The Bertz CT molecular complexity index is 3620. The molecule has 0 aromatic heterocycles. The van der Waals surface area contributed by atoms with Crippen LogP contribution in [0.5, 0.6) is 34.5 Å². The van der Waals surface area contributed by atoms with Crippen LogP contribution in [-0.2, 0) is 47.3 Å². The van der Waals surface area contributed by atoms with Gasteiger partial charge >= 0.3 is 11.9 Å². The Labute approximate surface area is 542 Å². The number of carboxylic acids is 2. The predicted molar refractivity (Wildman–Crippen MR) is 364 cm³/mol. The molecule has 14 nitrogen and oxygen atoms in total. The first-order valence-corrected chi connectivity index (χ1v) is 31.8. The topological polar surface area (TPSA) is 201 Å². The fourth-order valence-electron chi connectivity index (χ4n) is 10.9. The number of aromatic carboxylic acids is 2. The second-order valence-electron chi connectivity index (χ2n) is 28.1. The maximum absolute atomic E-state index is 12.9. The number of benzene rings is 8. The van der Waals surface area contributed by atoms with Crippen molar-refractivity contribution in [2.24, 2.45) is 20.5 Å². The Balaban J connectivity index is 1.00. The molecule has 8 aromatic rings. The summed E-state index contributed by atoms with van der Waals surface area (Å²) in [6.45, 7) is 28.3. The third kappa shape index (κ3) is 17.6. The molecule has 0 amide bonds. The summed E-state index contributed by atoms with van der Waals surface area (Å²) >= 11 is 0. The van der Waals surface area contributed by atoms with Crippen molar-refractivity contribution >= 4 is 34.7 Å². The molecule has 0 aliphatic heterocycles. The van der Waals surface area contributed by atoms with E-state index in [1.165, 1.54) is 24.3 Å². The zero-order valence-electron chi connectivity index (χ0n) is 55.4. The van der Waals surface area contributed by atoms with Gasteiger partial charge in [0.2, 0.25) is 0 Å². The number of carboxylic acid groups (broad SMARTS) is 2. The highest BCUT2D eigenvalue weighted by Crippen LogP contribution is 2.44. The smallest absolute Gasteiger partial charge is 0.335 e. The van der Waals surface area contributed by atoms with Gasteiger partial charge in [0.1, 0.15) is 34.5 Å². The Hall–Kier alpha value is -9.30. The summed E-state index contributed by atoms with van der Waals surface area (Å²) in [5, 5.41) is 61.3. The van der Waals surface area contributed by atoms with Gasteiger partial charge in [-0.1, -0.05) is 132 Å². The van der Waals surface area contributed by atoms with Crippen LogP contribution < -0.4 is 18.9 Å². The standard InChI is InChI=1S/C78H88N4O10/c1-75(2,3)59-41-51-37-55-45-61(77(7,8)9)47-57(71(55)91-35-15-13-33-89-67-29-25-65(26-30-67)81-79-63-21-17-49(18-22-63)73(85)86)39-53-43-60(76(4,5)6)44-54(70(53)84)40-58-48-62(78(10,11)12)46-56(38-52(42-59)69(51)83)72(58)92-36-16-14-34-90-68-31-27-66(28-32-68)82-80-64-23-19-50(20-24-64)74(87)88/h17-32,41-48,83-84H,13-16,33-40H2,1-12H3,(H,85,86)(H,87,88). The van der Waals surface area contributed by atoms with Crippen LogP contribution in [0.1, 0.15) is 196 Å². The first-order chi connectivity index (χ1) is 43.5. The molecule has 0 unspecified atom stereocenters. The summed E-state index contributed by atoms with van der Waals surface area (Å²) < 4.78 is 26.5. The molecule has 0 radical (unpaired) electrons. The van der Waals surface area contributed by atoms with E-state index in [1.54, 1.807) is 24.3 Å². The molecule has 8 aromatic carbocycles. The number of rotatable bonds is 20. The number of carbonyl (C=O) groups is 2. The molecule has 4 N–H and O–H groups in total. The number of fused-ring (bicyclic) bond motifs is 8. The molecule has 0 spiro atoms. The van der Waals surface area contributed by atoms with Crippen LogP contribution in [0.4, 0.5) is 22.7 Å². The van der Waals surface area contributed by atoms with Gasteiger partial charge in [0.25, 0.3) is 0 Å². The molecule has 1 aliphatic rings. The molecular formula is C78H88N4O10. The maximum atomic E-state index is 12.9. The minimum atomic E-state index is -0.997. The van der Waals surface area contributed by atoms with Crippen LogP contribution in [0, 0.1) is 0 Å². The van der Waals surface area contributed by atoms with Crippen molar-refractivity contribution in [2.45, 2.75) is 156 Å². The van der Waals surface area contributed by atoms with E-state index in [1.807, 2.05) is 48.5 Å². The number of unbranched alkanes of at least 4 members (excludes halogenated alkanes) is 2. The van der Waals surface area contributed by atoms with Crippen molar-refractivity contribution in [3.05, 3.63) is 223 Å². The van der Waals surface area contributed by atoms with Crippen LogP contribution in [0.25, 0.3) is 0 Å². The summed E-state index contributed by atoms with van der Waals surface area (Å²) in [4.78, 5) is 22.5. The fraction of sp³-hybridized carbons (Fsp3) is 0.359. The van der Waals surface area contributed by atoms with Gasteiger partial charge in [0.15, 0.2) is 0 Å². The van der Waals surface area contributed by atoms with Gasteiger partial charge < -0.3 is 39.4 Å². The molecule has 480 valence electrons. The van der Waals surface area contributed by atoms with Crippen molar-refractivity contribution in [3.63, 3.8) is 0 Å². The molecular weight excluding hydrogens is 1150 g/mol. The summed E-state index contributed by atoms with van der Waals surface area (Å²) in [6.07, 6.45) is 4.41. The number of nitrogens with zero attached hydrogens (tertiary/aromatic N) is 4. The van der Waals surface area contributed by atoms with Gasteiger partial charge in [-0.25, -0.2) is 9.59 Å². The quantitative estimate of drug-likeness (QED) is 0.0420. The highest BCUT2D eigenvalue weighted by Gasteiger charge is 2.29. The van der Waals surface area contributed by atoms with Crippen molar-refractivity contribution in [1.82, 2.24) is 0 Å². The molecule has 0 fully saturated rings. The van der Waals surface area contributed by atoms with E-state index in [-0.39, 0.29) is 44.3 Å². The van der Waals surface area contributed by atoms with E-state index in [0.29, 0.717) is 99.2 Å². The molecule has 0 heterocycles. The lowest BCUT2D eigenvalue weighted by atomic mass is 9.79. The zero-order valence-corrected chi connectivity index (χ0v) is 55.4. The Morgan fingerprint density at radius 3 is 0.783 bits per heavy atom. The SMILES string of the molecule is CC(C)(C)c1cc2c(O)c(c1)Cc1cc(C(C)(C)C)cc(c1OCCCCOc1ccc(N=Nc3ccc(C(=O)O)cc3)cc1)Cc1cc(C(C)(C)C)cc(c1O)Cc1cc(C(C)(C)C)cc(c1OCCCCOc1ccc(N=Nc3ccc(C(=O)O)cc3)cc1)C2. The highest BCUT2D eigenvalue weighted by atomic mass is 16.5. The first kappa shape index (κ1) is 67.1. The molecule has 92 heavy (non-hydrogen) atoms. The summed E-state index contributed by atoms with van der Waals surface area (Å²) in [5.41, 5.74) is 13.2. The number of phenols is 2. The van der Waals surface area contributed by atoms with Gasteiger partial charge in [0.05, 0.1) is 60.3 Å². The van der Waals surface area contributed by atoms with Crippen LogP contribution in [0.15, 0.2) is 166 Å². The maximum Gasteiger partial charge on any atom is 0.335 e. The van der Waals surface area contributed by atoms with Crippen LogP contribution in [0.3, 0.4) is 0 Å². The van der Waals surface area contributed by atoms with Crippen molar-refractivity contribution < 1.29 is 49.0 Å². The van der Waals surface area contributed by atoms with E-state index in [2.05, 4.69) is 152 Å². The average Bonchev–Trinajstić information content (AvgIpc) is 0.781. The van der Waals surface area contributed by atoms with Crippen LogP contribution in [0.2, 0.25) is 0 Å². The van der Waals surface area contributed by atoms with E-state index >= 15 is 0 Å². The lowest BCUT2D eigenvalue weighted by Crippen LogP contribution is -2.17. The van der Waals surface area contributed by atoms with Gasteiger partial charge in [-0.2, -0.15) is 20.5 Å². The number of aromatic hydroxyl groups is 2. The Morgan fingerprint density at radius 2 is 0.554 bits per heavy atom. The number of hydrogen-bond acceptors (Lipinski definition) is 12. The van der Waals surface area contributed by atoms with Gasteiger partial charge in [-0.3, -0.25) is 0 Å². The summed E-state index contributed by atoms with van der Waals surface area (Å²) in [7, 11) is 0. The Kier molecular flexibility index (Phi) is 20.8. The lowest BCUT2D eigenvalue weighted by molar-refractivity contribution is 0.0686. The molecule has 9 rings (SSSR count). The van der Waals surface area contributed by atoms with Crippen LogP contribution in [-0.4, -0.2) is 58.8 Å². The van der Waals surface area contributed by atoms with E-state index in [0.717, 1.165) is 91.1 Å². The van der Waals surface area contributed by atoms with E-state index < -0.39 is 11.9 Å². The molecule has 14 heteroatoms. The van der Waals surface area contributed by atoms with Crippen molar-refractivity contribution in [3.8, 4) is 34.5 Å². The second kappa shape index (κ2) is 28.5. The molecule has 0 atom stereocenters. The van der Waals surface area contributed by atoms with Crippen LogP contribution >= 0.6 is 0 Å². The minimum Gasteiger partial charge on any atom is -0.507 e. The predicted octanol–water partition coefficient (Wildman–Crippen LogP) is 19.7. The third-order valence-electron chi connectivity index (χ3n) is 16.6. The largest absolute Gasteiger partial charge is 0.507 e. The normalized spacial score (nSPS) is 12.9. The number of hydrogen-bond donors (Lipinski definition) is 4. The highest BCUT2D eigenvalue weighted by molar-refractivity contribution is 5.88.